The van der Waals surface area contributed by atoms with Gasteiger partial charge in [0.15, 0.2) is 0 Å². The second-order valence-corrected chi connectivity index (χ2v) is 9.87. The molecule has 10 heteroatoms. The number of aryl methyl sites for hydroxylation is 1. The molecule has 0 fully saturated rings. The molecule has 1 rings (SSSR count). The topological polar surface area (TPSA) is 54.0 Å². The third-order valence-corrected chi connectivity index (χ3v) is 6.46. The summed E-state index contributed by atoms with van der Waals surface area (Å²) in [5, 5.41) is 0. The van der Waals surface area contributed by atoms with Gasteiger partial charge in [0.1, 0.15) is 0 Å². The van der Waals surface area contributed by atoms with Gasteiger partial charge in [0.2, 0.25) is 5.96 Å². The van der Waals surface area contributed by atoms with Crippen LogP contribution in [0.25, 0.3) is 6.08 Å². The smallest absolute Gasteiger partial charge is 0.398 e. The van der Waals surface area contributed by atoms with Crippen molar-refractivity contribution in [1.29, 1.82) is 0 Å². The lowest BCUT2D eigenvalue weighted by molar-refractivity contribution is -0.126. The Balaban J connectivity index is 0. The molecular formula is C35H54F6N4. The Morgan fingerprint density at radius 2 is 1.64 bits per heavy atom. The van der Waals surface area contributed by atoms with Crippen molar-refractivity contribution in [2.24, 2.45) is 15.9 Å². The molecule has 256 valence electrons. The first-order chi connectivity index (χ1) is 21.3. The molecule has 0 aliphatic heterocycles. The number of hydrogen-bond acceptors (Lipinski definition) is 2. The van der Waals surface area contributed by atoms with Crippen LogP contribution in [0.2, 0.25) is 0 Å². The van der Waals surface area contributed by atoms with Crippen LogP contribution in [0.1, 0.15) is 91.2 Å². The van der Waals surface area contributed by atoms with Gasteiger partial charge < -0.3 is 10.6 Å². The van der Waals surface area contributed by atoms with Gasteiger partial charge in [-0.15, -0.1) is 13.2 Å². The molecule has 45 heavy (non-hydrogen) atoms. The highest BCUT2D eigenvalue weighted by Gasteiger charge is 2.38. The summed E-state index contributed by atoms with van der Waals surface area (Å²) in [6.07, 6.45) is -0.260. The number of rotatable bonds is 14. The van der Waals surface area contributed by atoms with Gasteiger partial charge in [-0.05, 0) is 61.1 Å². The highest BCUT2D eigenvalue weighted by molar-refractivity contribution is 5.88. The minimum atomic E-state index is -4.95. The van der Waals surface area contributed by atoms with Crippen LogP contribution in [-0.2, 0) is 6.42 Å². The maximum absolute atomic E-state index is 14.0. The van der Waals surface area contributed by atoms with Gasteiger partial charge >= 0.3 is 12.4 Å². The van der Waals surface area contributed by atoms with Crippen LogP contribution in [0.15, 0.2) is 70.7 Å². The fraction of sp³-hybridized carbons (Fsp3) is 0.543. The number of hydrogen-bond donors (Lipinski definition) is 1. The first-order valence-corrected chi connectivity index (χ1v) is 15.6. The van der Waals surface area contributed by atoms with Crippen molar-refractivity contribution >= 4 is 23.9 Å². The largest absolute Gasteiger partial charge is 0.416 e. The summed E-state index contributed by atoms with van der Waals surface area (Å²) in [5.41, 5.74) is 7.44. The lowest BCUT2D eigenvalue weighted by Gasteiger charge is -2.27. The van der Waals surface area contributed by atoms with Crippen molar-refractivity contribution < 1.29 is 26.3 Å². The van der Waals surface area contributed by atoms with E-state index in [9.17, 15) is 26.3 Å². The molecule has 0 aromatic heterocycles. The lowest BCUT2D eigenvalue weighted by Crippen LogP contribution is -2.34. The molecule has 0 aliphatic carbocycles. The molecule has 0 aliphatic rings. The Labute approximate surface area is 267 Å². The summed E-state index contributed by atoms with van der Waals surface area (Å²) >= 11 is 0. The van der Waals surface area contributed by atoms with Crippen molar-refractivity contribution in [1.82, 2.24) is 4.90 Å². The zero-order chi connectivity index (χ0) is 35.1. The van der Waals surface area contributed by atoms with Gasteiger partial charge in [-0.3, -0.25) is 4.99 Å². The van der Waals surface area contributed by atoms with E-state index in [-0.39, 0.29) is 36.5 Å². The summed E-state index contributed by atoms with van der Waals surface area (Å²) in [6, 6.07) is 5.83. The lowest BCUT2D eigenvalue weighted by atomic mass is 10.0. The fourth-order valence-electron chi connectivity index (χ4n) is 4.05. The van der Waals surface area contributed by atoms with E-state index in [4.69, 9.17) is 5.73 Å². The molecule has 0 spiro atoms. The minimum Gasteiger partial charge on any atom is -0.398 e. The first-order valence-electron chi connectivity index (χ1n) is 15.6. The second-order valence-electron chi connectivity index (χ2n) is 9.87. The number of aliphatic imine (C=N–C) groups is 2. The Kier molecular flexibility index (Phi) is 23.4. The molecule has 0 bridgehead atoms. The Bertz CT molecular complexity index is 1100. The molecule has 1 unspecified atom stereocenters. The number of para-hydroxylation sites is 1. The molecule has 0 saturated carbocycles. The van der Waals surface area contributed by atoms with E-state index < -0.39 is 24.3 Å². The number of allylic oxidation sites excluding steroid dienone is 3. The van der Waals surface area contributed by atoms with Gasteiger partial charge in [0, 0.05) is 32.0 Å². The monoisotopic (exact) mass is 644 g/mol. The number of nitrogen functional groups attached to an aromatic ring is 1. The van der Waals surface area contributed by atoms with Crippen LogP contribution < -0.4 is 5.73 Å². The van der Waals surface area contributed by atoms with Crippen molar-refractivity contribution in [3.8, 4) is 0 Å². The normalized spacial score (nSPS) is 13.8. The number of halogens is 6. The Morgan fingerprint density at radius 3 is 2.16 bits per heavy atom. The Hall–Kier alpha value is -3.30. The van der Waals surface area contributed by atoms with Crippen LogP contribution in [0.4, 0.5) is 32.0 Å². The van der Waals surface area contributed by atoms with E-state index in [1.54, 1.807) is 18.0 Å². The van der Waals surface area contributed by atoms with E-state index in [1.807, 2.05) is 65.0 Å². The zero-order valence-corrected chi connectivity index (χ0v) is 28.2. The quantitative estimate of drug-likeness (QED) is 0.0417. The molecule has 0 amide bonds. The first kappa shape index (κ1) is 43.8. The standard InChI is InChI=1S/C31H44F6N4.C2H6.C2H4/c1-6-9-14-24-16-12-17-25(28(24)38)15-10-11-20-41(29(39-5)40-21-23(4)8-3)22-26(13-7-2)27(31(35,36)37)18-19-30(32,33)34;2*1-2/h9,12-14,16-18,21,23H,6-8,10-11,15,19-20,22,38H2,1-5H3;1-2H3;1-2H2/b14-9-,26-13-,27-18+,39-29?,40-21-;;. The van der Waals surface area contributed by atoms with E-state index in [2.05, 4.69) is 23.1 Å². The average molecular weight is 645 g/mol. The summed E-state index contributed by atoms with van der Waals surface area (Å²) < 4.78 is 80.5. The van der Waals surface area contributed by atoms with Gasteiger partial charge in [-0.25, -0.2) is 4.99 Å². The van der Waals surface area contributed by atoms with E-state index in [0.717, 1.165) is 24.0 Å². The van der Waals surface area contributed by atoms with Gasteiger partial charge in [0.05, 0.1) is 12.0 Å². The molecule has 1 aromatic carbocycles. The van der Waals surface area contributed by atoms with Crippen LogP contribution >= 0.6 is 0 Å². The molecule has 2 N–H and O–H groups in total. The van der Waals surface area contributed by atoms with Crippen molar-refractivity contribution in [2.75, 3.05) is 25.9 Å². The fourth-order valence-corrected chi connectivity index (χ4v) is 4.05. The van der Waals surface area contributed by atoms with Crippen molar-refractivity contribution in [2.45, 2.75) is 98.8 Å². The predicted octanol–water partition coefficient (Wildman–Crippen LogP) is 11.0. The molecule has 1 atom stereocenters. The van der Waals surface area contributed by atoms with Gasteiger partial charge in [0.25, 0.3) is 0 Å². The predicted molar refractivity (Wildman–Crippen MR) is 182 cm³/mol. The summed E-state index contributed by atoms with van der Waals surface area (Å²) in [4.78, 5) is 10.3. The van der Waals surface area contributed by atoms with E-state index in [1.165, 1.54) is 13.1 Å². The highest BCUT2D eigenvalue weighted by atomic mass is 19.4. The van der Waals surface area contributed by atoms with E-state index >= 15 is 0 Å². The van der Waals surface area contributed by atoms with Crippen LogP contribution in [-0.4, -0.2) is 49.6 Å². The third kappa shape index (κ3) is 18.3. The Morgan fingerprint density at radius 1 is 1.00 bits per heavy atom. The van der Waals surface area contributed by atoms with Crippen molar-refractivity contribution in [3.05, 3.63) is 71.9 Å². The summed E-state index contributed by atoms with van der Waals surface area (Å²) in [6.45, 7) is 17.7. The summed E-state index contributed by atoms with van der Waals surface area (Å²) in [5.74, 6) is 0.351. The number of nitrogens with zero attached hydrogens (tertiary/aromatic N) is 3. The number of unbranched alkanes of at least 4 members (excludes halogenated alkanes) is 1. The maximum atomic E-state index is 14.0. The van der Waals surface area contributed by atoms with E-state index in [0.29, 0.717) is 31.5 Å². The van der Waals surface area contributed by atoms with Crippen LogP contribution in [0.5, 0.6) is 0 Å². The zero-order valence-electron chi connectivity index (χ0n) is 28.2. The highest BCUT2D eigenvalue weighted by Crippen LogP contribution is 2.34. The number of guanidine groups is 1. The summed E-state index contributed by atoms with van der Waals surface area (Å²) in [7, 11) is 1.50. The van der Waals surface area contributed by atoms with Crippen LogP contribution in [0, 0.1) is 5.92 Å². The van der Waals surface area contributed by atoms with Gasteiger partial charge in [-0.2, -0.15) is 26.3 Å². The second kappa shape index (κ2) is 24.0. The van der Waals surface area contributed by atoms with Crippen molar-refractivity contribution in [3.63, 3.8) is 0 Å². The molecule has 0 radical (unpaired) electrons. The van der Waals surface area contributed by atoms with Gasteiger partial charge in [-0.1, -0.05) is 84.0 Å². The molecule has 1 aromatic rings. The SMILES string of the molecule is C=C.CC.CC/C=C\c1cccc(CCCCN(CC(=C/CC)/C(=C\CC(F)(F)F)C(F)(F)F)C(=NC)/N=C\C(C)CC)c1N. The number of nitrogens with two attached hydrogens (primary N) is 1. The average Bonchev–Trinajstić information content (AvgIpc) is 3.00. The number of alkyl halides is 6. The molecule has 0 heterocycles. The number of anilines is 1. The molecular weight excluding hydrogens is 590 g/mol. The molecule has 0 saturated heterocycles. The minimum absolute atomic E-state index is 0.119. The third-order valence-electron chi connectivity index (χ3n) is 6.46. The van der Waals surface area contributed by atoms with Crippen LogP contribution in [0.3, 0.4) is 0 Å². The maximum Gasteiger partial charge on any atom is 0.416 e. The number of benzene rings is 1. The molecule has 4 nitrogen and oxygen atoms in total.